The van der Waals surface area contributed by atoms with Gasteiger partial charge in [0.25, 0.3) is 0 Å². The van der Waals surface area contributed by atoms with Gasteiger partial charge in [-0.15, -0.1) is 0 Å². The molecule has 1 aromatic carbocycles. The fourth-order valence-electron chi connectivity index (χ4n) is 5.70. The maximum Gasteiger partial charge on any atom is 0.410 e. The molecule has 230 valence electrons. The minimum absolute atomic E-state index is 0.0843. The molecule has 1 N–H and O–H groups in total. The summed E-state index contributed by atoms with van der Waals surface area (Å²) in [6.07, 6.45) is 7.10. The van der Waals surface area contributed by atoms with Crippen LogP contribution in [0.15, 0.2) is 53.3 Å². The van der Waals surface area contributed by atoms with Crippen LogP contribution < -0.4 is 5.32 Å². The normalized spacial score (nSPS) is 18.0. The number of benzene rings is 1. The lowest BCUT2D eigenvalue weighted by Gasteiger charge is -2.39. The van der Waals surface area contributed by atoms with E-state index >= 15 is 0 Å². The van der Waals surface area contributed by atoms with Crippen LogP contribution in [-0.4, -0.2) is 104 Å². The summed E-state index contributed by atoms with van der Waals surface area (Å²) in [5.41, 5.74) is 5.44. The standard InChI is InChI=1S/C32H41ClN6O4/c1-7-27(37(5)20-34-4)30(36-28(40)19-42-6)26-17-22-9-8-12-35-29(22)31(24-11-10-23(33)18-25(24)26)38-13-15-39(16-14-38)32(41)43-21(2)3/h7-12,17-18,20-21,30-31H,13-16,19H2,1-6H3,(H,36,40)/b27-7+,34-20?. The second-order valence-corrected chi connectivity index (χ2v) is 11.2. The first-order valence-corrected chi connectivity index (χ1v) is 14.8. The number of hydrogen-bond donors (Lipinski definition) is 1. The van der Waals surface area contributed by atoms with Crippen LogP contribution in [0.3, 0.4) is 0 Å². The zero-order chi connectivity index (χ0) is 31.1. The highest BCUT2D eigenvalue weighted by atomic mass is 35.5. The smallest absolute Gasteiger partial charge is 0.410 e. The molecule has 11 heteroatoms. The first-order valence-electron chi connectivity index (χ1n) is 14.4. The Bertz CT molecular complexity index is 1400. The predicted molar refractivity (Wildman–Crippen MR) is 170 cm³/mol. The molecule has 10 nitrogen and oxygen atoms in total. The number of carbonyl (C=O) groups excluding carboxylic acids is 2. The van der Waals surface area contributed by atoms with E-state index in [0.29, 0.717) is 31.2 Å². The molecule has 1 aliphatic heterocycles. The Labute approximate surface area is 259 Å². The Balaban J connectivity index is 1.84. The van der Waals surface area contributed by atoms with Gasteiger partial charge in [-0.2, -0.15) is 0 Å². The van der Waals surface area contributed by atoms with Crippen molar-refractivity contribution in [1.82, 2.24) is 25.0 Å². The van der Waals surface area contributed by atoms with Crippen LogP contribution in [-0.2, 0) is 14.3 Å². The first-order chi connectivity index (χ1) is 20.7. The van der Waals surface area contributed by atoms with Gasteiger partial charge in [0, 0.05) is 64.3 Å². The van der Waals surface area contributed by atoms with Gasteiger partial charge in [-0.25, -0.2) is 4.79 Å². The van der Waals surface area contributed by atoms with E-state index in [0.717, 1.165) is 33.7 Å². The van der Waals surface area contributed by atoms with Crippen molar-refractivity contribution in [1.29, 1.82) is 0 Å². The monoisotopic (exact) mass is 608 g/mol. The molecule has 0 radical (unpaired) electrons. The molecular weight excluding hydrogens is 568 g/mol. The number of methoxy groups -OCH3 is 1. The van der Waals surface area contributed by atoms with Crippen molar-refractivity contribution in [2.75, 3.05) is 54.0 Å². The number of carbonyl (C=O) groups is 2. The molecule has 1 saturated heterocycles. The molecule has 4 rings (SSSR count). The van der Waals surface area contributed by atoms with Gasteiger partial charge in [-0.1, -0.05) is 29.8 Å². The van der Waals surface area contributed by atoms with Crippen molar-refractivity contribution in [3.05, 3.63) is 75.7 Å². The lowest BCUT2D eigenvalue weighted by molar-refractivity contribution is -0.124. The summed E-state index contributed by atoms with van der Waals surface area (Å²) in [6.45, 7) is 7.89. The number of rotatable bonds is 9. The number of likely N-dealkylation sites (N-methyl/N-ethyl adjacent to an activating group) is 1. The minimum atomic E-state index is -0.553. The van der Waals surface area contributed by atoms with Crippen molar-refractivity contribution < 1.29 is 19.1 Å². The Kier molecular flexibility index (Phi) is 11.0. The molecule has 0 saturated carbocycles. The molecule has 2 heterocycles. The summed E-state index contributed by atoms with van der Waals surface area (Å²) < 4.78 is 10.6. The number of aromatic nitrogens is 1. The molecule has 1 fully saturated rings. The maximum absolute atomic E-state index is 13.0. The molecule has 43 heavy (non-hydrogen) atoms. The van der Waals surface area contributed by atoms with Gasteiger partial charge in [0.15, 0.2) is 0 Å². The number of aliphatic imine (C=N–C) groups is 1. The van der Waals surface area contributed by atoms with E-state index in [1.807, 2.05) is 69.1 Å². The molecule has 2 aliphatic rings. The number of amides is 2. The molecule has 2 atom stereocenters. The fourth-order valence-corrected chi connectivity index (χ4v) is 5.87. The number of fused-ring (bicyclic) bond motifs is 2. The zero-order valence-electron chi connectivity index (χ0n) is 25.7. The summed E-state index contributed by atoms with van der Waals surface area (Å²) >= 11 is 6.65. The summed E-state index contributed by atoms with van der Waals surface area (Å²) in [7, 11) is 5.10. The Morgan fingerprint density at radius 3 is 2.63 bits per heavy atom. The van der Waals surface area contributed by atoms with Crippen LogP contribution in [0.1, 0.15) is 49.2 Å². The van der Waals surface area contributed by atoms with Gasteiger partial charge in [-0.05, 0) is 67.3 Å². The van der Waals surface area contributed by atoms with Gasteiger partial charge in [0.05, 0.1) is 30.2 Å². The van der Waals surface area contributed by atoms with E-state index in [1.54, 1.807) is 24.5 Å². The van der Waals surface area contributed by atoms with Crippen molar-refractivity contribution in [2.24, 2.45) is 4.99 Å². The average molecular weight is 609 g/mol. The van der Waals surface area contributed by atoms with Crippen LogP contribution in [0.25, 0.3) is 11.6 Å². The number of hydrogen-bond acceptors (Lipinski definition) is 7. The highest BCUT2D eigenvalue weighted by Crippen LogP contribution is 2.42. The first kappa shape index (κ1) is 32.2. The highest BCUT2D eigenvalue weighted by Gasteiger charge is 2.36. The molecule has 0 spiro atoms. The van der Waals surface area contributed by atoms with Crippen molar-refractivity contribution >= 4 is 41.6 Å². The van der Waals surface area contributed by atoms with Gasteiger partial charge < -0.3 is 24.6 Å². The largest absolute Gasteiger partial charge is 0.447 e. The molecule has 2 amide bonds. The quantitative estimate of drug-likeness (QED) is 0.331. The van der Waals surface area contributed by atoms with Crippen molar-refractivity contribution in [3.63, 3.8) is 0 Å². The average Bonchev–Trinajstić information content (AvgIpc) is 3.11. The van der Waals surface area contributed by atoms with Crippen LogP contribution >= 0.6 is 11.6 Å². The molecule has 1 aliphatic carbocycles. The number of piperazine rings is 1. The third kappa shape index (κ3) is 7.44. The van der Waals surface area contributed by atoms with E-state index < -0.39 is 6.04 Å². The number of nitrogens with zero attached hydrogens (tertiary/aromatic N) is 5. The van der Waals surface area contributed by atoms with Crippen molar-refractivity contribution in [2.45, 2.75) is 39.0 Å². The predicted octanol–water partition coefficient (Wildman–Crippen LogP) is 4.47. The van der Waals surface area contributed by atoms with Crippen LogP contribution in [0.4, 0.5) is 4.79 Å². The number of ether oxygens (including phenoxy) is 2. The molecule has 2 unspecified atom stereocenters. The Morgan fingerprint density at radius 1 is 1.23 bits per heavy atom. The Morgan fingerprint density at radius 2 is 1.98 bits per heavy atom. The minimum Gasteiger partial charge on any atom is -0.447 e. The van der Waals surface area contributed by atoms with Crippen molar-refractivity contribution in [3.8, 4) is 0 Å². The molecule has 2 aromatic rings. The lowest BCUT2D eigenvalue weighted by atomic mass is 9.89. The van der Waals surface area contributed by atoms with Gasteiger partial charge in [-0.3, -0.25) is 19.7 Å². The number of nitrogens with one attached hydrogen (secondary N) is 1. The SMILES string of the molecule is C/C=C(\C(NC(=O)COC)C1=Cc2cccnc2C(N2CCN(C(=O)OC(C)C)CC2)c2ccc(Cl)cc21)N(C)C=NC. The number of halogens is 1. The van der Waals surface area contributed by atoms with Gasteiger partial charge >= 0.3 is 6.09 Å². The van der Waals surface area contributed by atoms with Gasteiger partial charge in [0.2, 0.25) is 5.91 Å². The number of pyridine rings is 1. The highest BCUT2D eigenvalue weighted by molar-refractivity contribution is 6.30. The van der Waals surface area contributed by atoms with Crippen LogP contribution in [0.2, 0.25) is 5.02 Å². The number of allylic oxidation sites excluding steroid dienone is 1. The maximum atomic E-state index is 13.0. The van der Waals surface area contributed by atoms with E-state index in [9.17, 15) is 9.59 Å². The molecule has 0 bridgehead atoms. The summed E-state index contributed by atoms with van der Waals surface area (Å²) in [6, 6.07) is 9.08. The van der Waals surface area contributed by atoms with E-state index in [2.05, 4.69) is 21.3 Å². The van der Waals surface area contributed by atoms with Crippen LogP contribution in [0.5, 0.6) is 0 Å². The summed E-state index contributed by atoms with van der Waals surface area (Å²) in [5.74, 6) is -0.255. The summed E-state index contributed by atoms with van der Waals surface area (Å²) in [5, 5.41) is 3.77. The molecular formula is C32H41ClN6O4. The third-order valence-corrected chi connectivity index (χ3v) is 7.75. The molecule has 1 aromatic heterocycles. The van der Waals surface area contributed by atoms with E-state index in [4.69, 9.17) is 26.1 Å². The second-order valence-electron chi connectivity index (χ2n) is 10.8. The fraction of sp³-hybridized carbons (Fsp3) is 0.438. The Hall–Kier alpha value is -3.73. The topological polar surface area (TPSA) is 99.6 Å². The van der Waals surface area contributed by atoms with E-state index in [1.165, 1.54) is 7.11 Å². The lowest BCUT2D eigenvalue weighted by Crippen LogP contribution is -2.50. The third-order valence-electron chi connectivity index (χ3n) is 7.52. The zero-order valence-corrected chi connectivity index (χ0v) is 26.5. The van der Waals surface area contributed by atoms with E-state index in [-0.39, 0.29) is 30.8 Å². The summed E-state index contributed by atoms with van der Waals surface area (Å²) in [4.78, 5) is 40.7. The van der Waals surface area contributed by atoms with Gasteiger partial charge in [0.1, 0.15) is 6.61 Å². The van der Waals surface area contributed by atoms with Crippen LogP contribution in [0, 0.1) is 0 Å². The second kappa shape index (κ2) is 14.6.